The van der Waals surface area contributed by atoms with E-state index in [1.807, 2.05) is 62.4 Å². The summed E-state index contributed by atoms with van der Waals surface area (Å²) in [6, 6.07) is 34.8. The molecule has 0 saturated heterocycles. The lowest BCUT2D eigenvalue weighted by Gasteiger charge is -2.20. The van der Waals surface area contributed by atoms with Crippen molar-refractivity contribution in [2.24, 2.45) is 0 Å². The van der Waals surface area contributed by atoms with Crippen LogP contribution in [0, 0.1) is 36.5 Å². The third-order valence-electron chi connectivity index (χ3n) is 11.6. The Morgan fingerprint density at radius 2 is 0.929 bits per heavy atom. The number of aliphatic hydroxyl groups excluding tert-OH is 2. The first-order chi connectivity index (χ1) is 33.8. The molecule has 0 fully saturated rings. The number of hydrogen-bond donors (Lipinski definition) is 6. The zero-order chi connectivity index (χ0) is 50.2. The standard InChI is InChI=1S/C54H52Cl2N4O10/c1-33-39(31-69-51-23-49(67-29-37-9-3-7-35(19-37)25-57)41(21-45(51)55)27-59-47(15-17-61)53(63)64)11-5-13-43(33)44-14-6-12-40(34(44)2)32-70-52-24-50(68-30-38-10-4-8-36(20-38)26-58)42(22-46(52)56)28-60-48(16-18-62)54(65)66/h3-14,19-24,47-48,59-62H,15-18,27-32H2,1-2H3,(H,63,64)(H,65,66). The minimum atomic E-state index is -1.10. The molecule has 14 nitrogen and oxygen atoms in total. The third kappa shape index (κ3) is 14.0. The molecular weight excluding hydrogens is 936 g/mol. The molecule has 0 amide bonds. The number of carbonyl (C=O) groups is 2. The minimum Gasteiger partial charge on any atom is -0.488 e. The number of aliphatic carboxylic acids is 2. The summed E-state index contributed by atoms with van der Waals surface area (Å²) in [5.74, 6) is -0.737. The lowest BCUT2D eigenvalue weighted by Crippen LogP contribution is -2.37. The van der Waals surface area contributed by atoms with E-state index in [1.54, 1.807) is 60.7 Å². The number of rotatable bonds is 25. The van der Waals surface area contributed by atoms with Gasteiger partial charge in [-0.3, -0.25) is 9.59 Å². The van der Waals surface area contributed by atoms with Crippen molar-refractivity contribution in [2.45, 2.75) is 78.3 Å². The summed E-state index contributed by atoms with van der Waals surface area (Å²) >= 11 is 13.6. The minimum absolute atomic E-state index is 0.00711. The lowest BCUT2D eigenvalue weighted by molar-refractivity contribution is -0.140. The number of aliphatic hydroxyl groups is 2. The number of hydrogen-bond acceptors (Lipinski definition) is 12. The molecule has 0 radical (unpaired) electrons. The predicted molar refractivity (Wildman–Crippen MR) is 264 cm³/mol. The van der Waals surface area contributed by atoms with Crippen LogP contribution in [0.2, 0.25) is 10.0 Å². The Bertz CT molecular complexity index is 2700. The van der Waals surface area contributed by atoms with Crippen molar-refractivity contribution in [2.75, 3.05) is 13.2 Å². The Kier molecular flexibility index (Phi) is 19.0. The highest BCUT2D eigenvalue weighted by molar-refractivity contribution is 6.32. The Hall–Kier alpha value is -7.14. The molecule has 2 unspecified atom stereocenters. The largest absolute Gasteiger partial charge is 0.488 e. The number of ether oxygens (including phenoxy) is 4. The number of nitrogens with one attached hydrogen (secondary N) is 2. The molecule has 6 N–H and O–H groups in total. The van der Waals surface area contributed by atoms with Gasteiger partial charge in [0.2, 0.25) is 0 Å². The van der Waals surface area contributed by atoms with Crippen molar-refractivity contribution in [3.63, 3.8) is 0 Å². The van der Waals surface area contributed by atoms with Crippen LogP contribution in [0.4, 0.5) is 0 Å². The number of halogens is 2. The smallest absolute Gasteiger partial charge is 0.320 e. The van der Waals surface area contributed by atoms with E-state index < -0.39 is 24.0 Å². The summed E-state index contributed by atoms with van der Waals surface area (Å²) in [5.41, 5.74) is 9.28. The SMILES string of the molecule is Cc1c(COc2cc(OCc3cccc(C#N)c3)c(CNC(CCO)C(=O)O)cc2Cl)cccc1-c1cccc(COc2cc(OCc3cccc(C#N)c3)c(CNC(CCO)C(=O)O)cc2Cl)c1C. The first-order valence-corrected chi connectivity index (χ1v) is 23.0. The summed E-state index contributed by atoms with van der Waals surface area (Å²) < 4.78 is 25.2. The molecule has 0 aliphatic carbocycles. The average molecular weight is 988 g/mol. The monoisotopic (exact) mass is 986 g/mol. The van der Waals surface area contributed by atoms with E-state index in [-0.39, 0.29) is 75.6 Å². The number of benzene rings is 6. The van der Waals surface area contributed by atoms with E-state index in [4.69, 9.17) is 42.1 Å². The molecule has 0 heterocycles. The van der Waals surface area contributed by atoms with Gasteiger partial charge in [-0.05, 0) is 108 Å². The molecule has 0 bridgehead atoms. The van der Waals surface area contributed by atoms with Gasteiger partial charge in [0.1, 0.15) is 61.5 Å². The molecule has 2 atom stereocenters. The van der Waals surface area contributed by atoms with E-state index >= 15 is 0 Å². The van der Waals surface area contributed by atoms with Crippen LogP contribution in [0.1, 0.15) is 68.5 Å². The normalized spacial score (nSPS) is 11.8. The van der Waals surface area contributed by atoms with Gasteiger partial charge >= 0.3 is 11.9 Å². The van der Waals surface area contributed by atoms with Gasteiger partial charge in [0.15, 0.2) is 0 Å². The van der Waals surface area contributed by atoms with Crippen molar-refractivity contribution < 1.29 is 49.0 Å². The van der Waals surface area contributed by atoms with Crippen LogP contribution in [0.15, 0.2) is 109 Å². The van der Waals surface area contributed by atoms with Crippen LogP contribution in [-0.2, 0) is 49.1 Å². The topological polar surface area (TPSA) is 224 Å². The summed E-state index contributed by atoms with van der Waals surface area (Å²) in [5, 5.41) is 63.4. The molecule has 16 heteroatoms. The molecule has 0 spiro atoms. The molecule has 6 aromatic carbocycles. The predicted octanol–water partition coefficient (Wildman–Crippen LogP) is 9.19. The van der Waals surface area contributed by atoms with Crippen LogP contribution < -0.4 is 29.6 Å². The number of nitriles is 2. The van der Waals surface area contributed by atoms with Crippen LogP contribution in [0.3, 0.4) is 0 Å². The Balaban J connectivity index is 1.21. The molecule has 0 aromatic heterocycles. The maximum absolute atomic E-state index is 11.8. The molecule has 0 saturated carbocycles. The number of nitrogens with zero attached hydrogens (tertiary/aromatic N) is 2. The zero-order valence-electron chi connectivity index (χ0n) is 38.5. The fraction of sp³-hybridized carbons (Fsp3) is 0.259. The van der Waals surface area contributed by atoms with Crippen molar-refractivity contribution in [1.82, 2.24) is 10.6 Å². The van der Waals surface area contributed by atoms with Crippen LogP contribution in [0.5, 0.6) is 23.0 Å². The molecule has 0 aliphatic rings. The van der Waals surface area contributed by atoms with Gasteiger partial charge in [0.05, 0.1) is 33.3 Å². The Morgan fingerprint density at radius 3 is 1.30 bits per heavy atom. The van der Waals surface area contributed by atoms with E-state index in [0.717, 1.165) is 44.5 Å². The second-order valence-electron chi connectivity index (χ2n) is 16.3. The van der Waals surface area contributed by atoms with Crippen LogP contribution in [-0.4, -0.2) is 57.7 Å². The van der Waals surface area contributed by atoms with E-state index in [0.29, 0.717) is 45.3 Å². The van der Waals surface area contributed by atoms with Crippen LogP contribution in [0.25, 0.3) is 11.1 Å². The van der Waals surface area contributed by atoms with Crippen molar-refractivity contribution >= 4 is 35.1 Å². The highest BCUT2D eigenvalue weighted by Crippen LogP contribution is 2.37. The molecule has 6 rings (SSSR count). The zero-order valence-corrected chi connectivity index (χ0v) is 40.0. The average Bonchev–Trinajstić information content (AvgIpc) is 3.35. The Morgan fingerprint density at radius 1 is 0.543 bits per heavy atom. The van der Waals surface area contributed by atoms with Crippen molar-refractivity contribution in [3.8, 4) is 46.3 Å². The van der Waals surface area contributed by atoms with Gasteiger partial charge in [-0.15, -0.1) is 0 Å². The quantitative estimate of drug-likeness (QED) is 0.0315. The molecular formula is C54H52Cl2N4O10. The van der Waals surface area contributed by atoms with Gasteiger partial charge in [-0.25, -0.2) is 0 Å². The molecule has 362 valence electrons. The lowest BCUT2D eigenvalue weighted by atomic mass is 9.92. The van der Waals surface area contributed by atoms with E-state index in [1.165, 1.54) is 0 Å². The summed E-state index contributed by atoms with van der Waals surface area (Å²) in [6.07, 6.45) is 0.0142. The molecule has 6 aromatic rings. The van der Waals surface area contributed by atoms with Gasteiger partial charge in [0, 0.05) is 49.6 Å². The second-order valence-corrected chi connectivity index (χ2v) is 17.1. The first-order valence-electron chi connectivity index (χ1n) is 22.3. The third-order valence-corrected chi connectivity index (χ3v) is 12.2. The van der Waals surface area contributed by atoms with E-state index in [2.05, 4.69) is 22.8 Å². The summed E-state index contributed by atoms with van der Waals surface area (Å²) in [7, 11) is 0. The van der Waals surface area contributed by atoms with Gasteiger partial charge in [-0.2, -0.15) is 10.5 Å². The maximum Gasteiger partial charge on any atom is 0.320 e. The van der Waals surface area contributed by atoms with E-state index in [9.17, 15) is 40.5 Å². The second kappa shape index (κ2) is 25.5. The maximum atomic E-state index is 11.8. The first kappa shape index (κ1) is 52.2. The van der Waals surface area contributed by atoms with Gasteiger partial charge < -0.3 is 50.0 Å². The van der Waals surface area contributed by atoms with Gasteiger partial charge in [-0.1, -0.05) is 83.9 Å². The van der Waals surface area contributed by atoms with Crippen LogP contribution >= 0.6 is 23.2 Å². The Labute approximate surface area is 416 Å². The summed E-state index contributed by atoms with van der Waals surface area (Å²) in [4.78, 5) is 23.6. The fourth-order valence-corrected chi connectivity index (χ4v) is 8.11. The molecule has 70 heavy (non-hydrogen) atoms. The summed E-state index contributed by atoms with van der Waals surface area (Å²) in [6.45, 7) is 4.08. The number of carboxylic acids is 2. The van der Waals surface area contributed by atoms with Crippen molar-refractivity contribution in [1.29, 1.82) is 10.5 Å². The fourth-order valence-electron chi connectivity index (χ4n) is 7.63. The van der Waals surface area contributed by atoms with Crippen molar-refractivity contribution in [3.05, 3.63) is 175 Å². The molecule has 0 aliphatic heterocycles. The highest BCUT2D eigenvalue weighted by Gasteiger charge is 2.21. The highest BCUT2D eigenvalue weighted by atomic mass is 35.5. The van der Waals surface area contributed by atoms with Gasteiger partial charge in [0.25, 0.3) is 0 Å². The number of carboxylic acid groups (broad SMARTS) is 2.